The number of nitro groups is 1. The van der Waals surface area contributed by atoms with E-state index in [1.165, 1.54) is 6.07 Å². The highest BCUT2D eigenvalue weighted by atomic mass is 35.5. The summed E-state index contributed by atoms with van der Waals surface area (Å²) in [5.74, 6) is 1.47. The van der Waals surface area contributed by atoms with Crippen LogP contribution < -0.4 is 4.74 Å². The van der Waals surface area contributed by atoms with E-state index in [1.807, 2.05) is 41.9 Å². The molecule has 0 amide bonds. The number of halogens is 1. The van der Waals surface area contributed by atoms with E-state index in [-0.39, 0.29) is 11.4 Å². The minimum Gasteiger partial charge on any atom is -0.450 e. The number of hydrogen-bond donors (Lipinski definition) is 0. The Labute approximate surface area is 159 Å². The van der Waals surface area contributed by atoms with Crippen molar-refractivity contribution in [1.82, 2.24) is 9.55 Å². The lowest BCUT2D eigenvalue weighted by Crippen LogP contribution is -1.93. The molecule has 134 valence electrons. The Hall–Kier alpha value is -3.38. The van der Waals surface area contributed by atoms with Gasteiger partial charge in [-0.1, -0.05) is 23.7 Å². The number of rotatable bonds is 4. The summed E-state index contributed by atoms with van der Waals surface area (Å²) in [4.78, 5) is 15.4. The van der Waals surface area contributed by atoms with Crippen molar-refractivity contribution in [2.75, 3.05) is 0 Å². The van der Waals surface area contributed by atoms with Crippen molar-refractivity contribution in [3.8, 4) is 22.9 Å². The van der Waals surface area contributed by atoms with Crippen LogP contribution in [0, 0.1) is 10.1 Å². The molecule has 0 aliphatic rings. The van der Waals surface area contributed by atoms with E-state index in [1.54, 1.807) is 30.3 Å². The topological polar surface area (TPSA) is 70.2 Å². The molecule has 0 radical (unpaired) electrons. The third-order valence-electron chi connectivity index (χ3n) is 4.24. The molecule has 4 rings (SSSR count). The number of para-hydroxylation sites is 2. The first-order valence-corrected chi connectivity index (χ1v) is 8.54. The van der Waals surface area contributed by atoms with Crippen LogP contribution >= 0.6 is 11.6 Å². The molecule has 1 aromatic heterocycles. The number of hydrogen-bond acceptors (Lipinski definition) is 4. The summed E-state index contributed by atoms with van der Waals surface area (Å²) >= 11 is 5.96. The van der Waals surface area contributed by atoms with Crippen LogP contribution in [0.2, 0.25) is 5.02 Å². The molecule has 0 N–H and O–H groups in total. The van der Waals surface area contributed by atoms with Gasteiger partial charge in [0, 0.05) is 29.8 Å². The quantitative estimate of drug-likeness (QED) is 0.342. The highest BCUT2D eigenvalue weighted by Gasteiger charge is 2.16. The number of nitro benzene ring substituents is 1. The zero-order chi connectivity index (χ0) is 19.0. The summed E-state index contributed by atoms with van der Waals surface area (Å²) in [6.45, 7) is 0. The van der Waals surface area contributed by atoms with Gasteiger partial charge in [0.25, 0.3) is 0 Å². The lowest BCUT2D eigenvalue weighted by molar-refractivity contribution is -0.385. The fraction of sp³-hybridized carbons (Fsp3) is 0.0500. The molecule has 3 aromatic carbocycles. The predicted octanol–water partition coefficient (Wildman–Crippen LogP) is 5.59. The lowest BCUT2D eigenvalue weighted by atomic mass is 10.2. The van der Waals surface area contributed by atoms with Crippen molar-refractivity contribution in [3.63, 3.8) is 0 Å². The number of nitrogens with zero attached hydrogens (tertiary/aromatic N) is 3. The first kappa shape index (κ1) is 17.1. The summed E-state index contributed by atoms with van der Waals surface area (Å²) in [7, 11) is 1.93. The molecule has 0 unspecified atom stereocenters. The van der Waals surface area contributed by atoms with Gasteiger partial charge in [0.15, 0.2) is 0 Å². The zero-order valence-corrected chi connectivity index (χ0v) is 15.1. The molecule has 27 heavy (non-hydrogen) atoms. The molecule has 1 heterocycles. The average molecular weight is 380 g/mol. The van der Waals surface area contributed by atoms with Gasteiger partial charge >= 0.3 is 5.69 Å². The van der Waals surface area contributed by atoms with Gasteiger partial charge in [-0.2, -0.15) is 0 Å². The van der Waals surface area contributed by atoms with Crippen molar-refractivity contribution in [1.29, 1.82) is 0 Å². The fourth-order valence-corrected chi connectivity index (χ4v) is 3.05. The van der Waals surface area contributed by atoms with Crippen LogP contribution in [-0.2, 0) is 7.05 Å². The normalized spacial score (nSPS) is 10.9. The van der Waals surface area contributed by atoms with Crippen molar-refractivity contribution < 1.29 is 9.66 Å². The third-order valence-corrected chi connectivity index (χ3v) is 4.50. The maximum atomic E-state index is 11.2. The molecule has 0 saturated carbocycles. The minimum atomic E-state index is -0.465. The van der Waals surface area contributed by atoms with Crippen LogP contribution in [0.1, 0.15) is 0 Å². The summed E-state index contributed by atoms with van der Waals surface area (Å²) in [5, 5.41) is 11.8. The molecular weight excluding hydrogens is 366 g/mol. The van der Waals surface area contributed by atoms with Gasteiger partial charge in [0.1, 0.15) is 11.6 Å². The molecule has 6 nitrogen and oxygen atoms in total. The SMILES string of the molecule is Cn1c(-c2ccc(Cl)cc2)nc2cc(Oc3ccccc3[N+](=O)[O-])ccc21. The highest BCUT2D eigenvalue weighted by Crippen LogP contribution is 2.33. The van der Waals surface area contributed by atoms with Crippen molar-refractivity contribution in [3.05, 3.63) is 81.9 Å². The second-order valence-corrected chi connectivity index (χ2v) is 6.42. The predicted molar refractivity (Wildman–Crippen MR) is 104 cm³/mol. The third kappa shape index (κ3) is 3.22. The average Bonchev–Trinajstić information content (AvgIpc) is 2.99. The number of aryl methyl sites for hydroxylation is 1. The highest BCUT2D eigenvalue weighted by molar-refractivity contribution is 6.30. The van der Waals surface area contributed by atoms with Gasteiger partial charge in [-0.05, 0) is 42.5 Å². The maximum absolute atomic E-state index is 11.2. The Morgan fingerprint density at radius 2 is 1.81 bits per heavy atom. The zero-order valence-electron chi connectivity index (χ0n) is 14.3. The van der Waals surface area contributed by atoms with Crippen LogP contribution in [0.5, 0.6) is 11.5 Å². The first-order chi connectivity index (χ1) is 13.0. The van der Waals surface area contributed by atoms with Gasteiger partial charge in [0.2, 0.25) is 5.75 Å². The van der Waals surface area contributed by atoms with Crippen LogP contribution in [0.3, 0.4) is 0 Å². The van der Waals surface area contributed by atoms with Gasteiger partial charge in [0.05, 0.1) is 16.0 Å². The number of imidazole rings is 1. The smallest absolute Gasteiger partial charge is 0.311 e. The van der Waals surface area contributed by atoms with Gasteiger partial charge in [-0.3, -0.25) is 10.1 Å². The van der Waals surface area contributed by atoms with Gasteiger partial charge in [-0.15, -0.1) is 0 Å². The number of fused-ring (bicyclic) bond motifs is 1. The molecule has 0 spiro atoms. The second-order valence-electron chi connectivity index (χ2n) is 5.98. The molecule has 0 aliphatic carbocycles. The Morgan fingerprint density at radius 3 is 2.56 bits per heavy atom. The lowest BCUT2D eigenvalue weighted by Gasteiger charge is -2.06. The van der Waals surface area contributed by atoms with E-state index in [9.17, 15) is 10.1 Å². The van der Waals surface area contributed by atoms with E-state index in [0.717, 1.165) is 22.4 Å². The Balaban J connectivity index is 1.73. The number of benzene rings is 3. The summed E-state index contributed by atoms with van der Waals surface area (Å²) in [6.07, 6.45) is 0. The Bertz CT molecular complexity index is 1150. The van der Waals surface area contributed by atoms with E-state index in [0.29, 0.717) is 10.8 Å². The fourth-order valence-electron chi connectivity index (χ4n) is 2.92. The standard InChI is InChI=1S/C20H14ClN3O3/c1-23-17-11-10-15(27-19-5-3-2-4-18(19)24(25)26)12-16(17)22-20(23)13-6-8-14(21)9-7-13/h2-12H,1H3. The van der Waals surface area contributed by atoms with Crippen molar-refractivity contribution in [2.24, 2.45) is 7.05 Å². The van der Waals surface area contributed by atoms with Crippen LogP contribution in [0.15, 0.2) is 66.7 Å². The summed E-state index contributed by atoms with van der Waals surface area (Å²) < 4.78 is 7.72. The Morgan fingerprint density at radius 1 is 1.07 bits per heavy atom. The number of ether oxygens (including phenoxy) is 1. The Kier molecular flexibility index (Phi) is 4.25. The van der Waals surface area contributed by atoms with E-state index >= 15 is 0 Å². The van der Waals surface area contributed by atoms with Crippen molar-refractivity contribution >= 4 is 28.3 Å². The van der Waals surface area contributed by atoms with E-state index in [2.05, 4.69) is 4.98 Å². The van der Waals surface area contributed by atoms with Gasteiger partial charge in [-0.25, -0.2) is 4.98 Å². The monoisotopic (exact) mass is 379 g/mol. The molecule has 0 bridgehead atoms. The van der Waals surface area contributed by atoms with Crippen molar-refractivity contribution in [2.45, 2.75) is 0 Å². The molecular formula is C20H14ClN3O3. The van der Waals surface area contributed by atoms with Gasteiger partial charge < -0.3 is 9.30 Å². The molecule has 4 aromatic rings. The van der Waals surface area contributed by atoms with Crippen LogP contribution in [-0.4, -0.2) is 14.5 Å². The molecule has 0 atom stereocenters. The minimum absolute atomic E-state index is 0.0829. The maximum Gasteiger partial charge on any atom is 0.311 e. The van der Waals surface area contributed by atoms with E-state index < -0.39 is 4.92 Å². The molecule has 0 saturated heterocycles. The summed E-state index contributed by atoms with van der Waals surface area (Å²) in [6, 6.07) is 19.2. The first-order valence-electron chi connectivity index (χ1n) is 8.16. The van der Waals surface area contributed by atoms with Crippen LogP contribution in [0.25, 0.3) is 22.4 Å². The molecule has 7 heteroatoms. The molecule has 0 fully saturated rings. The summed E-state index contributed by atoms with van der Waals surface area (Å²) in [5.41, 5.74) is 2.52. The van der Waals surface area contributed by atoms with Crippen LogP contribution in [0.4, 0.5) is 5.69 Å². The molecule has 0 aliphatic heterocycles. The van der Waals surface area contributed by atoms with E-state index in [4.69, 9.17) is 16.3 Å². The number of aromatic nitrogens is 2. The largest absolute Gasteiger partial charge is 0.450 e. The second kappa shape index (κ2) is 6.74.